The average molecular weight is 421 g/mol. The van der Waals surface area contributed by atoms with Crippen molar-refractivity contribution < 1.29 is 13.2 Å². The van der Waals surface area contributed by atoms with Crippen molar-refractivity contribution in [1.29, 1.82) is 0 Å². The fourth-order valence-corrected chi connectivity index (χ4v) is 4.13. The van der Waals surface area contributed by atoms with Gasteiger partial charge in [-0.1, -0.05) is 37.0 Å². The first-order chi connectivity index (χ1) is 12.6. The monoisotopic (exact) mass is 420 g/mol. The molecule has 1 aliphatic heterocycles. The summed E-state index contributed by atoms with van der Waals surface area (Å²) in [4.78, 5) is 5.68. The summed E-state index contributed by atoms with van der Waals surface area (Å²) in [6.45, 7) is 7.31. The zero-order valence-corrected chi connectivity index (χ0v) is 16.8. The van der Waals surface area contributed by atoms with Crippen LogP contribution in [0.2, 0.25) is 10.2 Å². The molecule has 0 aromatic carbocycles. The van der Waals surface area contributed by atoms with Gasteiger partial charge < -0.3 is 4.90 Å². The second-order valence-electron chi connectivity index (χ2n) is 7.21. The smallest absolute Gasteiger partial charge is 0.349 e. The first-order valence-corrected chi connectivity index (χ1v) is 9.58. The van der Waals surface area contributed by atoms with E-state index in [-0.39, 0.29) is 11.9 Å². The summed E-state index contributed by atoms with van der Waals surface area (Å²) >= 11 is 12.3. The maximum Gasteiger partial charge on any atom is 0.434 e. The van der Waals surface area contributed by atoms with E-state index in [0.29, 0.717) is 24.2 Å². The molecule has 0 bridgehead atoms. The summed E-state index contributed by atoms with van der Waals surface area (Å²) in [5.74, 6) is 0.628. The number of alkyl halides is 3. The van der Waals surface area contributed by atoms with Crippen LogP contribution in [0.15, 0.2) is 12.1 Å². The molecule has 1 unspecified atom stereocenters. The molecule has 2 aromatic rings. The summed E-state index contributed by atoms with van der Waals surface area (Å²) in [6.07, 6.45) is -2.99. The third-order valence-electron chi connectivity index (χ3n) is 4.63. The van der Waals surface area contributed by atoms with Crippen LogP contribution >= 0.6 is 23.2 Å². The lowest BCUT2D eigenvalue weighted by atomic mass is 10.1. The highest BCUT2D eigenvalue weighted by Crippen LogP contribution is 2.42. The van der Waals surface area contributed by atoms with E-state index in [1.165, 1.54) is 12.1 Å². The van der Waals surface area contributed by atoms with Gasteiger partial charge in [0.15, 0.2) is 5.69 Å². The second-order valence-corrected chi connectivity index (χ2v) is 7.98. The van der Waals surface area contributed by atoms with Crippen LogP contribution in [0, 0.1) is 12.8 Å². The number of rotatable bonds is 4. The quantitative estimate of drug-likeness (QED) is 0.616. The van der Waals surface area contributed by atoms with Gasteiger partial charge in [0, 0.05) is 18.7 Å². The minimum atomic E-state index is -4.60. The fraction of sp³-hybridized carbons (Fsp3) is 0.556. The Morgan fingerprint density at radius 1 is 1.26 bits per heavy atom. The molecule has 0 aliphatic carbocycles. The fourth-order valence-electron chi connectivity index (χ4n) is 3.54. The molecule has 0 radical (unpaired) electrons. The van der Waals surface area contributed by atoms with Gasteiger partial charge in [0.1, 0.15) is 11.0 Å². The normalized spacial score (nSPS) is 18.0. The first-order valence-electron chi connectivity index (χ1n) is 8.82. The lowest BCUT2D eigenvalue weighted by Crippen LogP contribution is -2.25. The minimum absolute atomic E-state index is 0.159. The van der Waals surface area contributed by atoms with Crippen molar-refractivity contribution in [3.63, 3.8) is 0 Å². The molecule has 1 atom stereocenters. The molecule has 2 aromatic heterocycles. The molecular weight excluding hydrogens is 400 g/mol. The molecule has 1 fully saturated rings. The van der Waals surface area contributed by atoms with Gasteiger partial charge in [-0.2, -0.15) is 18.3 Å². The van der Waals surface area contributed by atoms with E-state index < -0.39 is 16.9 Å². The maximum atomic E-state index is 13.2. The molecule has 1 saturated heterocycles. The van der Waals surface area contributed by atoms with Crippen molar-refractivity contribution >= 4 is 29.0 Å². The largest absolute Gasteiger partial charge is 0.434 e. The van der Waals surface area contributed by atoms with Crippen molar-refractivity contribution in [3.05, 3.63) is 39.3 Å². The lowest BCUT2D eigenvalue weighted by molar-refractivity contribution is -0.141. The molecule has 27 heavy (non-hydrogen) atoms. The molecule has 9 heteroatoms. The van der Waals surface area contributed by atoms with Crippen LogP contribution in [0.1, 0.15) is 49.7 Å². The number of pyridine rings is 1. The average Bonchev–Trinajstić information content (AvgIpc) is 3.11. The van der Waals surface area contributed by atoms with Crippen molar-refractivity contribution in [2.24, 2.45) is 5.92 Å². The Kier molecular flexibility index (Phi) is 5.64. The van der Waals surface area contributed by atoms with Crippen molar-refractivity contribution in [2.75, 3.05) is 11.4 Å². The topological polar surface area (TPSA) is 34.0 Å². The van der Waals surface area contributed by atoms with E-state index in [9.17, 15) is 13.2 Å². The Labute approximate surface area is 166 Å². The van der Waals surface area contributed by atoms with Crippen LogP contribution in [0.5, 0.6) is 0 Å². The van der Waals surface area contributed by atoms with E-state index >= 15 is 0 Å². The second kappa shape index (κ2) is 7.51. The number of hydrogen-bond donors (Lipinski definition) is 0. The molecule has 3 rings (SSSR count). The van der Waals surface area contributed by atoms with Gasteiger partial charge in [0.05, 0.1) is 16.8 Å². The van der Waals surface area contributed by atoms with Gasteiger partial charge in [-0.3, -0.25) is 4.68 Å². The number of aromatic nitrogens is 3. The Bertz CT molecular complexity index is 833. The highest BCUT2D eigenvalue weighted by Gasteiger charge is 2.38. The molecule has 148 valence electrons. The molecule has 1 aliphatic rings. The van der Waals surface area contributed by atoms with E-state index in [1.807, 2.05) is 11.8 Å². The molecule has 0 N–H and O–H groups in total. The van der Waals surface area contributed by atoms with Crippen LogP contribution < -0.4 is 4.90 Å². The SMILES string of the molecule is Cc1nn(CC(C)C)c(Cl)c1C1CCCN1c1ccc(Cl)c(C(F)(F)F)n1. The van der Waals surface area contributed by atoms with Gasteiger partial charge in [-0.15, -0.1) is 0 Å². The highest BCUT2D eigenvalue weighted by atomic mass is 35.5. The van der Waals surface area contributed by atoms with Gasteiger partial charge in [0.25, 0.3) is 0 Å². The summed E-state index contributed by atoms with van der Waals surface area (Å²) in [7, 11) is 0. The molecular formula is C18H21Cl2F3N4. The molecule has 4 nitrogen and oxygen atoms in total. The Morgan fingerprint density at radius 2 is 1.96 bits per heavy atom. The molecule has 0 spiro atoms. The number of aryl methyl sites for hydroxylation is 1. The molecule has 0 amide bonds. The van der Waals surface area contributed by atoms with Crippen molar-refractivity contribution in [2.45, 2.75) is 52.4 Å². The van der Waals surface area contributed by atoms with Gasteiger partial charge in [-0.25, -0.2) is 4.98 Å². The standard InChI is InChI=1S/C18H21Cl2F3N4/c1-10(2)9-27-17(20)15(11(3)25-27)13-5-4-8-26(13)14-7-6-12(19)16(24-14)18(21,22)23/h6-7,10,13H,4-5,8-9H2,1-3H3. The third-order valence-corrected chi connectivity index (χ3v) is 5.33. The predicted octanol–water partition coefficient (Wildman–Crippen LogP) is 5.91. The van der Waals surface area contributed by atoms with Crippen LogP contribution in [0.25, 0.3) is 0 Å². The van der Waals surface area contributed by atoms with Gasteiger partial charge in [0.2, 0.25) is 0 Å². The predicted molar refractivity (Wildman–Crippen MR) is 100 cm³/mol. The Hall–Kier alpha value is -1.47. The van der Waals surface area contributed by atoms with E-state index in [2.05, 4.69) is 23.9 Å². The lowest BCUT2D eigenvalue weighted by Gasteiger charge is -2.27. The van der Waals surface area contributed by atoms with E-state index in [4.69, 9.17) is 23.2 Å². The summed E-state index contributed by atoms with van der Waals surface area (Å²) < 4.78 is 41.3. The first kappa shape index (κ1) is 20.3. The molecule has 0 saturated carbocycles. The zero-order chi connectivity index (χ0) is 19.9. The Balaban J connectivity index is 1.99. The number of anilines is 1. The van der Waals surface area contributed by atoms with Crippen molar-refractivity contribution in [3.8, 4) is 0 Å². The maximum absolute atomic E-state index is 13.2. The highest BCUT2D eigenvalue weighted by molar-refractivity contribution is 6.31. The van der Waals surface area contributed by atoms with E-state index in [0.717, 1.165) is 24.1 Å². The number of halogens is 5. The number of nitrogens with zero attached hydrogens (tertiary/aromatic N) is 4. The van der Waals surface area contributed by atoms with Gasteiger partial charge >= 0.3 is 6.18 Å². The summed E-state index contributed by atoms with van der Waals surface area (Å²) in [5, 5.41) is 4.67. The van der Waals surface area contributed by atoms with Crippen LogP contribution in [-0.2, 0) is 12.7 Å². The van der Waals surface area contributed by atoms with Crippen LogP contribution in [0.3, 0.4) is 0 Å². The van der Waals surface area contributed by atoms with Crippen molar-refractivity contribution in [1.82, 2.24) is 14.8 Å². The van der Waals surface area contributed by atoms with Gasteiger partial charge in [-0.05, 0) is 37.8 Å². The van der Waals surface area contributed by atoms with Crippen LogP contribution in [-0.4, -0.2) is 21.3 Å². The number of hydrogen-bond acceptors (Lipinski definition) is 3. The van der Waals surface area contributed by atoms with Crippen LogP contribution in [0.4, 0.5) is 19.0 Å². The summed E-state index contributed by atoms with van der Waals surface area (Å²) in [6, 6.07) is 2.62. The minimum Gasteiger partial charge on any atom is -0.349 e. The summed E-state index contributed by atoms with van der Waals surface area (Å²) in [5.41, 5.74) is 0.591. The van der Waals surface area contributed by atoms with E-state index in [1.54, 1.807) is 4.68 Å². The Morgan fingerprint density at radius 3 is 2.59 bits per heavy atom. The third kappa shape index (κ3) is 4.04. The molecule has 3 heterocycles. The zero-order valence-electron chi connectivity index (χ0n) is 15.3.